The van der Waals surface area contributed by atoms with Crippen molar-refractivity contribution in [3.05, 3.63) is 34.9 Å². The molecular formula is C15H24N2O. The highest BCUT2D eigenvalue weighted by atomic mass is 16.5. The molecule has 2 unspecified atom stereocenters. The molecule has 2 atom stereocenters. The van der Waals surface area contributed by atoms with E-state index in [4.69, 9.17) is 10.5 Å². The quantitative estimate of drug-likeness (QED) is 0.889. The predicted molar refractivity (Wildman–Crippen MR) is 74.7 cm³/mol. The number of rotatable bonds is 3. The van der Waals surface area contributed by atoms with E-state index < -0.39 is 0 Å². The topological polar surface area (TPSA) is 38.5 Å². The number of nitrogens with zero attached hydrogens (tertiary/aromatic N) is 1. The van der Waals surface area contributed by atoms with Gasteiger partial charge in [-0.15, -0.1) is 0 Å². The van der Waals surface area contributed by atoms with Crippen LogP contribution in [0.4, 0.5) is 0 Å². The largest absolute Gasteiger partial charge is 0.379 e. The molecule has 0 saturated carbocycles. The van der Waals surface area contributed by atoms with Crippen LogP contribution in [-0.4, -0.2) is 37.2 Å². The molecule has 18 heavy (non-hydrogen) atoms. The Kier molecular flexibility index (Phi) is 4.38. The lowest BCUT2D eigenvalue weighted by atomic mass is 9.98. The van der Waals surface area contributed by atoms with Gasteiger partial charge in [0.05, 0.1) is 13.2 Å². The molecule has 100 valence electrons. The zero-order valence-electron chi connectivity index (χ0n) is 11.6. The average Bonchev–Trinajstić information content (AvgIpc) is 2.31. The SMILES string of the molecule is Cc1cc(C)cc(C(CN)N2CCOCC2C)c1. The number of hydrogen-bond donors (Lipinski definition) is 1. The van der Waals surface area contributed by atoms with Crippen molar-refractivity contribution in [3.63, 3.8) is 0 Å². The number of morpholine rings is 1. The summed E-state index contributed by atoms with van der Waals surface area (Å²) in [5.41, 5.74) is 9.97. The van der Waals surface area contributed by atoms with E-state index in [0.717, 1.165) is 19.8 Å². The Morgan fingerprint density at radius 2 is 2.00 bits per heavy atom. The first-order valence-electron chi connectivity index (χ1n) is 6.73. The maximum absolute atomic E-state index is 6.02. The first-order valence-corrected chi connectivity index (χ1v) is 6.73. The smallest absolute Gasteiger partial charge is 0.0620 e. The number of hydrogen-bond acceptors (Lipinski definition) is 3. The second kappa shape index (κ2) is 5.83. The fourth-order valence-electron chi connectivity index (χ4n) is 2.87. The van der Waals surface area contributed by atoms with Crippen LogP contribution < -0.4 is 5.73 Å². The van der Waals surface area contributed by atoms with Crippen LogP contribution in [0.15, 0.2) is 18.2 Å². The summed E-state index contributed by atoms with van der Waals surface area (Å²) in [6.45, 7) is 9.75. The van der Waals surface area contributed by atoms with Gasteiger partial charge >= 0.3 is 0 Å². The van der Waals surface area contributed by atoms with Gasteiger partial charge in [0.15, 0.2) is 0 Å². The van der Waals surface area contributed by atoms with Gasteiger partial charge in [-0.05, 0) is 26.3 Å². The summed E-state index contributed by atoms with van der Waals surface area (Å²) in [5, 5.41) is 0. The summed E-state index contributed by atoms with van der Waals surface area (Å²) < 4.78 is 5.51. The van der Waals surface area contributed by atoms with Crippen molar-refractivity contribution in [2.45, 2.75) is 32.9 Å². The third-order valence-electron chi connectivity index (χ3n) is 3.67. The number of ether oxygens (including phenoxy) is 1. The molecule has 1 aromatic rings. The summed E-state index contributed by atoms with van der Waals surface area (Å²) in [6.07, 6.45) is 0. The van der Waals surface area contributed by atoms with Gasteiger partial charge < -0.3 is 10.5 Å². The molecule has 3 nitrogen and oxygen atoms in total. The molecule has 0 bridgehead atoms. The highest BCUT2D eigenvalue weighted by Gasteiger charge is 2.26. The van der Waals surface area contributed by atoms with Crippen LogP contribution in [0.25, 0.3) is 0 Å². The molecule has 0 aliphatic carbocycles. The van der Waals surface area contributed by atoms with Gasteiger partial charge in [-0.25, -0.2) is 0 Å². The summed E-state index contributed by atoms with van der Waals surface area (Å²) >= 11 is 0. The monoisotopic (exact) mass is 248 g/mol. The lowest BCUT2D eigenvalue weighted by Crippen LogP contribution is -2.47. The van der Waals surface area contributed by atoms with E-state index in [2.05, 4.69) is 43.9 Å². The lowest BCUT2D eigenvalue weighted by molar-refractivity contribution is -0.0209. The van der Waals surface area contributed by atoms with Gasteiger partial charge in [-0.3, -0.25) is 4.90 Å². The van der Waals surface area contributed by atoms with Gasteiger partial charge in [0.1, 0.15) is 0 Å². The van der Waals surface area contributed by atoms with Crippen molar-refractivity contribution in [3.8, 4) is 0 Å². The molecule has 1 heterocycles. The van der Waals surface area contributed by atoms with E-state index in [1.54, 1.807) is 0 Å². The van der Waals surface area contributed by atoms with Crippen LogP contribution in [0.5, 0.6) is 0 Å². The molecule has 3 heteroatoms. The third-order valence-corrected chi connectivity index (χ3v) is 3.67. The second-order valence-corrected chi connectivity index (χ2v) is 5.33. The minimum absolute atomic E-state index is 0.308. The second-order valence-electron chi connectivity index (χ2n) is 5.33. The summed E-state index contributed by atoms with van der Waals surface area (Å²) in [6, 6.07) is 7.47. The molecule has 1 saturated heterocycles. The zero-order chi connectivity index (χ0) is 13.1. The first kappa shape index (κ1) is 13.5. The van der Waals surface area contributed by atoms with E-state index in [1.807, 2.05) is 0 Å². The van der Waals surface area contributed by atoms with E-state index in [9.17, 15) is 0 Å². The zero-order valence-corrected chi connectivity index (χ0v) is 11.6. The minimum Gasteiger partial charge on any atom is -0.379 e. The fourth-order valence-corrected chi connectivity index (χ4v) is 2.87. The molecule has 2 N–H and O–H groups in total. The van der Waals surface area contributed by atoms with Crippen molar-refractivity contribution < 1.29 is 4.74 Å². The van der Waals surface area contributed by atoms with Gasteiger partial charge in [-0.2, -0.15) is 0 Å². The molecule has 1 aliphatic rings. The summed E-state index contributed by atoms with van der Waals surface area (Å²) in [7, 11) is 0. The Morgan fingerprint density at radius 3 is 2.56 bits per heavy atom. The maximum Gasteiger partial charge on any atom is 0.0620 e. The van der Waals surface area contributed by atoms with Crippen LogP contribution in [0.1, 0.15) is 29.7 Å². The summed E-state index contributed by atoms with van der Waals surface area (Å²) in [4.78, 5) is 2.47. The van der Waals surface area contributed by atoms with Crippen molar-refractivity contribution in [1.29, 1.82) is 0 Å². The Labute approximate surface area is 110 Å². The summed E-state index contributed by atoms with van der Waals surface area (Å²) in [5.74, 6) is 0. The fraction of sp³-hybridized carbons (Fsp3) is 0.600. The van der Waals surface area contributed by atoms with Crippen LogP contribution in [-0.2, 0) is 4.74 Å². The maximum atomic E-state index is 6.02. The Hall–Kier alpha value is -0.900. The molecular weight excluding hydrogens is 224 g/mol. The molecule has 0 aromatic heterocycles. The van der Waals surface area contributed by atoms with Gasteiger partial charge in [0.2, 0.25) is 0 Å². The van der Waals surface area contributed by atoms with Crippen LogP contribution in [0.3, 0.4) is 0 Å². The minimum atomic E-state index is 0.308. The predicted octanol–water partition coefficient (Wildman–Crippen LogP) is 2.02. The van der Waals surface area contributed by atoms with Crippen molar-refractivity contribution in [2.75, 3.05) is 26.3 Å². The van der Waals surface area contributed by atoms with Crippen LogP contribution >= 0.6 is 0 Å². The Morgan fingerprint density at radius 1 is 1.33 bits per heavy atom. The van der Waals surface area contributed by atoms with E-state index in [-0.39, 0.29) is 0 Å². The van der Waals surface area contributed by atoms with E-state index >= 15 is 0 Å². The highest BCUT2D eigenvalue weighted by molar-refractivity contribution is 5.31. The van der Waals surface area contributed by atoms with Gasteiger partial charge in [0, 0.05) is 25.2 Å². The lowest BCUT2D eigenvalue weighted by Gasteiger charge is -2.39. The molecule has 1 fully saturated rings. The van der Waals surface area contributed by atoms with Crippen molar-refractivity contribution in [1.82, 2.24) is 4.90 Å². The molecule has 2 rings (SSSR count). The molecule has 1 aromatic carbocycles. The van der Waals surface area contributed by atoms with Gasteiger partial charge in [-0.1, -0.05) is 29.3 Å². The Balaban J connectivity index is 2.26. The Bertz CT molecular complexity index is 385. The third kappa shape index (κ3) is 2.91. The van der Waals surface area contributed by atoms with Crippen molar-refractivity contribution in [2.24, 2.45) is 5.73 Å². The number of benzene rings is 1. The highest BCUT2D eigenvalue weighted by Crippen LogP contribution is 2.25. The first-order chi connectivity index (χ1) is 8.61. The van der Waals surface area contributed by atoms with E-state index in [0.29, 0.717) is 18.6 Å². The molecule has 0 radical (unpaired) electrons. The van der Waals surface area contributed by atoms with Gasteiger partial charge in [0.25, 0.3) is 0 Å². The average molecular weight is 248 g/mol. The number of nitrogens with two attached hydrogens (primary N) is 1. The van der Waals surface area contributed by atoms with Crippen LogP contribution in [0, 0.1) is 13.8 Å². The van der Waals surface area contributed by atoms with Crippen LogP contribution in [0.2, 0.25) is 0 Å². The molecule has 0 amide bonds. The van der Waals surface area contributed by atoms with Crippen molar-refractivity contribution >= 4 is 0 Å². The molecule has 1 aliphatic heterocycles. The van der Waals surface area contributed by atoms with E-state index in [1.165, 1.54) is 16.7 Å². The normalized spacial score (nSPS) is 23.0. The molecule has 0 spiro atoms. The standard InChI is InChI=1S/C15H24N2O/c1-11-6-12(2)8-14(7-11)15(9-16)17-4-5-18-10-13(17)3/h6-8,13,15H,4-5,9-10,16H2,1-3H3. The number of aryl methyl sites for hydroxylation is 2.